The van der Waals surface area contributed by atoms with Crippen molar-refractivity contribution in [3.05, 3.63) is 47.4 Å². The highest BCUT2D eigenvalue weighted by Crippen LogP contribution is 2.27. The minimum Gasteiger partial charge on any atom is -0.339 e. The Morgan fingerprint density at radius 2 is 2.06 bits per heavy atom. The van der Waals surface area contributed by atoms with E-state index in [9.17, 15) is 4.79 Å². The first-order valence-electron chi connectivity index (χ1n) is 5.33. The molecule has 0 amide bonds. The van der Waals surface area contributed by atoms with E-state index in [4.69, 9.17) is 11.6 Å². The first-order valence-corrected chi connectivity index (χ1v) is 5.71. The Labute approximate surface area is 108 Å². The van der Waals surface area contributed by atoms with Crippen molar-refractivity contribution in [1.82, 2.24) is 15.0 Å². The summed E-state index contributed by atoms with van der Waals surface area (Å²) in [6, 6.07) is 9.18. The fraction of sp³-hybridized carbons (Fsp3) is 0. The molecule has 3 rings (SSSR count). The Hall–Kier alpha value is -2.20. The van der Waals surface area contributed by atoms with Crippen LogP contribution in [-0.4, -0.2) is 21.2 Å². The molecule has 1 aromatic carbocycles. The highest BCUT2D eigenvalue weighted by Gasteiger charge is 2.10. The molecule has 0 aliphatic heterocycles. The van der Waals surface area contributed by atoms with Crippen LogP contribution in [0.4, 0.5) is 0 Å². The minimum atomic E-state index is 0.395. The van der Waals surface area contributed by atoms with Crippen molar-refractivity contribution in [3.8, 4) is 11.3 Å². The molecule has 0 aliphatic carbocycles. The van der Waals surface area contributed by atoms with E-state index in [1.807, 2.05) is 24.3 Å². The van der Waals surface area contributed by atoms with E-state index in [2.05, 4.69) is 15.0 Å². The lowest BCUT2D eigenvalue weighted by Gasteiger charge is -2.00. The second-order valence-corrected chi connectivity index (χ2v) is 4.17. The zero-order valence-electron chi connectivity index (χ0n) is 9.22. The third kappa shape index (κ3) is 1.67. The fourth-order valence-corrected chi connectivity index (χ4v) is 2.09. The van der Waals surface area contributed by atoms with E-state index in [0.29, 0.717) is 16.4 Å². The summed E-state index contributed by atoms with van der Waals surface area (Å²) >= 11 is 5.99. The number of nitrogens with one attached hydrogen (secondary N) is 1. The van der Waals surface area contributed by atoms with Crippen LogP contribution in [-0.2, 0) is 0 Å². The molecule has 0 unspecified atom stereocenters. The van der Waals surface area contributed by atoms with E-state index in [1.165, 1.54) is 6.33 Å². The minimum absolute atomic E-state index is 0.395. The van der Waals surface area contributed by atoms with Gasteiger partial charge in [0.05, 0.1) is 5.39 Å². The molecule has 4 nitrogen and oxygen atoms in total. The first kappa shape index (κ1) is 10.9. The van der Waals surface area contributed by atoms with E-state index in [1.54, 1.807) is 6.07 Å². The van der Waals surface area contributed by atoms with Crippen molar-refractivity contribution < 1.29 is 4.79 Å². The van der Waals surface area contributed by atoms with Gasteiger partial charge in [-0.05, 0) is 6.07 Å². The number of fused-ring (bicyclic) bond motifs is 1. The van der Waals surface area contributed by atoms with E-state index < -0.39 is 0 Å². The standard InChI is InChI=1S/C13H8ClN3O/c14-12-10-5-11(17-13(10)16-7-15-12)9-4-2-1-3-8(9)6-18/h1-7H,(H,15,16,17). The summed E-state index contributed by atoms with van der Waals surface area (Å²) in [4.78, 5) is 22.2. The van der Waals surface area contributed by atoms with Crippen LogP contribution in [0.5, 0.6) is 0 Å². The van der Waals surface area contributed by atoms with Crippen molar-refractivity contribution in [2.24, 2.45) is 0 Å². The molecular weight excluding hydrogens is 250 g/mol. The number of halogens is 1. The van der Waals surface area contributed by atoms with Gasteiger partial charge >= 0.3 is 0 Å². The Bertz CT molecular complexity index is 736. The summed E-state index contributed by atoms with van der Waals surface area (Å²) in [6.07, 6.45) is 2.23. The quantitative estimate of drug-likeness (QED) is 0.567. The van der Waals surface area contributed by atoms with Crippen LogP contribution in [0.3, 0.4) is 0 Å². The predicted molar refractivity (Wildman–Crippen MR) is 69.7 cm³/mol. The van der Waals surface area contributed by atoms with E-state index in [-0.39, 0.29) is 0 Å². The summed E-state index contributed by atoms with van der Waals surface area (Å²) < 4.78 is 0. The van der Waals surface area contributed by atoms with Gasteiger partial charge in [-0.25, -0.2) is 9.97 Å². The molecule has 0 radical (unpaired) electrons. The molecule has 0 aliphatic rings. The number of carbonyl (C=O) groups is 1. The number of aromatic nitrogens is 3. The number of H-pyrrole nitrogens is 1. The SMILES string of the molecule is O=Cc1ccccc1-c1cc2c(Cl)ncnc2[nH]1. The number of hydrogen-bond donors (Lipinski definition) is 1. The van der Waals surface area contributed by atoms with Gasteiger partial charge in [0.25, 0.3) is 0 Å². The summed E-state index contributed by atoms with van der Waals surface area (Å²) in [5, 5.41) is 1.14. The maximum absolute atomic E-state index is 11.0. The maximum atomic E-state index is 11.0. The lowest BCUT2D eigenvalue weighted by molar-refractivity contribution is 0.112. The number of nitrogens with zero attached hydrogens (tertiary/aromatic N) is 2. The van der Waals surface area contributed by atoms with Gasteiger partial charge in [0.1, 0.15) is 17.1 Å². The van der Waals surface area contributed by atoms with Gasteiger partial charge in [-0.2, -0.15) is 0 Å². The second kappa shape index (κ2) is 4.23. The average molecular weight is 258 g/mol. The lowest BCUT2D eigenvalue weighted by atomic mass is 10.1. The van der Waals surface area contributed by atoms with Crippen molar-refractivity contribution in [1.29, 1.82) is 0 Å². The number of carbonyl (C=O) groups excluding carboxylic acids is 1. The predicted octanol–water partition coefficient (Wildman–Crippen LogP) is 3.09. The van der Waals surface area contributed by atoms with Crippen LogP contribution < -0.4 is 0 Å². The van der Waals surface area contributed by atoms with Gasteiger partial charge < -0.3 is 4.98 Å². The normalized spacial score (nSPS) is 10.7. The molecule has 3 aromatic rings. The van der Waals surface area contributed by atoms with Crippen molar-refractivity contribution in [2.45, 2.75) is 0 Å². The van der Waals surface area contributed by atoms with E-state index >= 15 is 0 Å². The van der Waals surface area contributed by atoms with Crippen molar-refractivity contribution >= 4 is 28.9 Å². The molecule has 0 saturated heterocycles. The largest absolute Gasteiger partial charge is 0.339 e. The number of rotatable bonds is 2. The smallest absolute Gasteiger partial charge is 0.150 e. The third-order valence-corrected chi connectivity index (χ3v) is 3.06. The molecule has 88 valence electrons. The van der Waals surface area contributed by atoms with Crippen molar-refractivity contribution in [2.75, 3.05) is 0 Å². The topological polar surface area (TPSA) is 58.6 Å². The van der Waals surface area contributed by atoms with Gasteiger partial charge in [-0.15, -0.1) is 0 Å². The van der Waals surface area contributed by atoms with Gasteiger partial charge in [0, 0.05) is 16.8 Å². The Morgan fingerprint density at radius 1 is 1.22 bits per heavy atom. The average Bonchev–Trinajstić information content (AvgIpc) is 2.84. The number of aldehydes is 1. The van der Waals surface area contributed by atoms with Gasteiger partial charge in [0.2, 0.25) is 0 Å². The molecule has 5 heteroatoms. The summed E-state index contributed by atoms with van der Waals surface area (Å²) in [7, 11) is 0. The maximum Gasteiger partial charge on any atom is 0.150 e. The summed E-state index contributed by atoms with van der Waals surface area (Å²) in [5.74, 6) is 0. The molecule has 0 atom stereocenters. The van der Waals surface area contributed by atoms with Gasteiger partial charge in [-0.3, -0.25) is 4.79 Å². The number of aromatic amines is 1. The number of benzene rings is 1. The Morgan fingerprint density at radius 3 is 2.83 bits per heavy atom. The molecule has 2 aromatic heterocycles. The number of hydrogen-bond acceptors (Lipinski definition) is 3. The molecule has 0 bridgehead atoms. The molecule has 18 heavy (non-hydrogen) atoms. The van der Waals surface area contributed by atoms with Gasteiger partial charge in [0.15, 0.2) is 6.29 Å². The van der Waals surface area contributed by atoms with E-state index in [0.717, 1.165) is 22.9 Å². The van der Waals surface area contributed by atoms with Gasteiger partial charge in [-0.1, -0.05) is 35.9 Å². The molecule has 2 heterocycles. The summed E-state index contributed by atoms with van der Waals surface area (Å²) in [5.41, 5.74) is 2.90. The molecule has 0 fully saturated rings. The Kier molecular flexibility index (Phi) is 2.57. The monoisotopic (exact) mass is 257 g/mol. The van der Waals surface area contributed by atoms with Crippen LogP contribution >= 0.6 is 11.6 Å². The zero-order chi connectivity index (χ0) is 12.5. The fourth-order valence-electron chi connectivity index (χ4n) is 1.90. The molecule has 1 N–H and O–H groups in total. The molecule has 0 saturated carbocycles. The first-order chi connectivity index (χ1) is 8.79. The van der Waals surface area contributed by atoms with Crippen LogP contribution in [0.1, 0.15) is 10.4 Å². The highest BCUT2D eigenvalue weighted by molar-refractivity contribution is 6.34. The van der Waals surface area contributed by atoms with Crippen molar-refractivity contribution in [3.63, 3.8) is 0 Å². The van der Waals surface area contributed by atoms with Crippen LogP contribution in [0.15, 0.2) is 36.7 Å². The van der Waals surface area contributed by atoms with Crippen LogP contribution in [0, 0.1) is 0 Å². The molecular formula is C13H8ClN3O. The summed E-state index contributed by atoms with van der Waals surface area (Å²) in [6.45, 7) is 0. The zero-order valence-corrected chi connectivity index (χ0v) is 9.98. The Balaban J connectivity index is 2.26. The van der Waals surface area contributed by atoms with Crippen LogP contribution in [0.25, 0.3) is 22.3 Å². The highest BCUT2D eigenvalue weighted by atomic mass is 35.5. The third-order valence-electron chi connectivity index (χ3n) is 2.75. The molecule has 0 spiro atoms. The lowest BCUT2D eigenvalue weighted by Crippen LogP contribution is -1.86. The second-order valence-electron chi connectivity index (χ2n) is 3.81. The van der Waals surface area contributed by atoms with Crippen LogP contribution in [0.2, 0.25) is 5.15 Å².